The molecule has 0 radical (unpaired) electrons. The van der Waals surface area contributed by atoms with Crippen molar-refractivity contribution in [1.82, 2.24) is 40.8 Å². The van der Waals surface area contributed by atoms with Crippen LogP contribution in [0.1, 0.15) is 28.9 Å². The Morgan fingerprint density at radius 3 is 2.46 bits per heavy atom. The molecule has 1 saturated heterocycles. The molecule has 41 heavy (non-hydrogen) atoms. The Balaban J connectivity index is 1.35. The third-order valence-electron chi connectivity index (χ3n) is 6.47. The first-order valence-electron chi connectivity index (χ1n) is 12.2. The number of hydrogen-bond donors (Lipinski definition) is 2. The number of tetrazole rings is 1. The molecule has 0 spiro atoms. The molecule has 3 heterocycles. The molecule has 1 fully saturated rings. The predicted octanol–water partition coefficient (Wildman–Crippen LogP) is 2.65. The number of ether oxygens (including phenoxy) is 2. The fourth-order valence-electron chi connectivity index (χ4n) is 4.27. The van der Waals surface area contributed by atoms with Crippen molar-refractivity contribution in [2.45, 2.75) is 18.5 Å². The summed E-state index contributed by atoms with van der Waals surface area (Å²) in [5, 5.41) is 17.2. The smallest absolute Gasteiger partial charge is 0.316 e. The first-order valence-corrected chi connectivity index (χ1v) is 12.6. The molecule has 1 atom stereocenters. The molecule has 0 unspecified atom stereocenters. The molecule has 4 aromatic rings. The quantitative estimate of drug-likeness (QED) is 0.319. The Labute approximate surface area is 237 Å². The zero-order valence-electron chi connectivity index (χ0n) is 22.0. The third kappa shape index (κ3) is 5.56. The van der Waals surface area contributed by atoms with Crippen LogP contribution in [0.3, 0.4) is 0 Å². The fourth-order valence-corrected chi connectivity index (χ4v) is 4.47. The van der Waals surface area contributed by atoms with Gasteiger partial charge in [-0.25, -0.2) is 18.7 Å². The molecule has 12 nitrogen and oxygen atoms in total. The van der Waals surface area contributed by atoms with Crippen molar-refractivity contribution < 1.29 is 27.8 Å². The van der Waals surface area contributed by atoms with Gasteiger partial charge in [0.1, 0.15) is 11.6 Å². The standard InChI is InChI=1S/C26H23ClF2N8O4/c1-13(32-24(39)26(11-41-12-26)33-23(38)15-9-30-25(40-3)31-10-15)17-5-4-14(6-19(17)28)18-7-16(27)8-20(29)21(18)22-34-36-37(2)35-22/h4-10,13H,11-12H2,1-3H3,(H,32,39)(H,33,38)/t13-/m1/s1. The molecule has 0 bridgehead atoms. The monoisotopic (exact) mass is 584 g/mol. The third-order valence-corrected chi connectivity index (χ3v) is 6.69. The molecule has 2 N–H and O–H groups in total. The van der Waals surface area contributed by atoms with Crippen molar-refractivity contribution in [2.75, 3.05) is 20.3 Å². The minimum Gasteiger partial charge on any atom is -0.467 e. The zero-order chi connectivity index (χ0) is 29.3. The van der Waals surface area contributed by atoms with Gasteiger partial charge in [-0.15, -0.1) is 10.2 Å². The lowest BCUT2D eigenvalue weighted by Crippen LogP contribution is -2.70. The lowest BCUT2D eigenvalue weighted by atomic mass is 9.93. The minimum atomic E-state index is -1.36. The van der Waals surface area contributed by atoms with Crippen LogP contribution in [0.4, 0.5) is 8.78 Å². The maximum Gasteiger partial charge on any atom is 0.316 e. The Morgan fingerprint density at radius 1 is 1.15 bits per heavy atom. The second-order valence-electron chi connectivity index (χ2n) is 9.33. The van der Waals surface area contributed by atoms with E-state index >= 15 is 4.39 Å². The van der Waals surface area contributed by atoms with Gasteiger partial charge in [-0.05, 0) is 41.5 Å². The average Bonchev–Trinajstić information content (AvgIpc) is 3.35. The number of benzene rings is 2. The van der Waals surface area contributed by atoms with E-state index in [0.29, 0.717) is 5.56 Å². The summed E-state index contributed by atoms with van der Waals surface area (Å²) in [4.78, 5) is 34.9. The first-order chi connectivity index (χ1) is 19.6. The number of methoxy groups -OCH3 is 1. The number of rotatable bonds is 8. The highest BCUT2D eigenvalue weighted by atomic mass is 35.5. The molecule has 212 valence electrons. The summed E-state index contributed by atoms with van der Waals surface area (Å²) in [6.07, 6.45) is 2.53. The van der Waals surface area contributed by atoms with Crippen LogP contribution in [0.15, 0.2) is 42.7 Å². The molecular weight excluding hydrogens is 562 g/mol. The number of carbonyl (C=O) groups excluding carboxylic acids is 2. The van der Waals surface area contributed by atoms with E-state index in [9.17, 15) is 14.0 Å². The van der Waals surface area contributed by atoms with E-state index in [2.05, 4.69) is 36.0 Å². The maximum absolute atomic E-state index is 15.4. The van der Waals surface area contributed by atoms with Gasteiger partial charge in [0.05, 0.1) is 44.5 Å². The lowest BCUT2D eigenvalue weighted by Gasteiger charge is -2.40. The predicted molar refractivity (Wildman–Crippen MR) is 141 cm³/mol. The van der Waals surface area contributed by atoms with Crippen LogP contribution in [0.25, 0.3) is 22.5 Å². The fraction of sp³-hybridized carbons (Fsp3) is 0.269. The zero-order valence-corrected chi connectivity index (χ0v) is 22.7. The van der Waals surface area contributed by atoms with Crippen molar-refractivity contribution in [3.05, 3.63) is 70.5 Å². The molecule has 1 aliphatic rings. The number of aryl methyl sites for hydroxylation is 1. The summed E-state index contributed by atoms with van der Waals surface area (Å²) >= 11 is 6.10. The van der Waals surface area contributed by atoms with E-state index in [1.807, 2.05) is 0 Å². The second-order valence-corrected chi connectivity index (χ2v) is 9.77. The van der Waals surface area contributed by atoms with E-state index < -0.39 is 35.0 Å². The number of carbonyl (C=O) groups is 2. The number of nitrogens with zero attached hydrogens (tertiary/aromatic N) is 6. The Hall–Kier alpha value is -4.56. The Kier molecular flexibility index (Phi) is 7.60. The molecule has 2 aromatic heterocycles. The van der Waals surface area contributed by atoms with Crippen LogP contribution in [-0.2, 0) is 16.6 Å². The van der Waals surface area contributed by atoms with Crippen LogP contribution in [0.5, 0.6) is 6.01 Å². The van der Waals surface area contributed by atoms with Crippen LogP contribution >= 0.6 is 11.6 Å². The normalized spacial score (nSPS) is 14.6. The van der Waals surface area contributed by atoms with Crippen molar-refractivity contribution in [3.63, 3.8) is 0 Å². The lowest BCUT2D eigenvalue weighted by molar-refractivity contribution is -0.147. The average molecular weight is 585 g/mol. The first kappa shape index (κ1) is 28.0. The SMILES string of the molecule is COc1ncc(C(=O)NC2(C(=O)N[C@H](C)c3ccc(-c4cc(Cl)cc(F)c4-c4nnn(C)n4)cc3F)COC2)cn1. The summed E-state index contributed by atoms with van der Waals surface area (Å²) in [6, 6.07) is 6.12. The van der Waals surface area contributed by atoms with Gasteiger partial charge in [-0.1, -0.05) is 23.7 Å². The molecule has 15 heteroatoms. The highest BCUT2D eigenvalue weighted by Gasteiger charge is 2.48. The van der Waals surface area contributed by atoms with Gasteiger partial charge in [0, 0.05) is 23.0 Å². The van der Waals surface area contributed by atoms with Gasteiger partial charge in [0.2, 0.25) is 5.82 Å². The van der Waals surface area contributed by atoms with E-state index in [1.54, 1.807) is 13.0 Å². The number of halogens is 3. The van der Waals surface area contributed by atoms with Gasteiger partial charge >= 0.3 is 6.01 Å². The molecule has 2 aromatic carbocycles. The minimum absolute atomic E-state index is 0.0121. The van der Waals surface area contributed by atoms with Crippen molar-refractivity contribution >= 4 is 23.4 Å². The van der Waals surface area contributed by atoms with Crippen molar-refractivity contribution in [1.29, 1.82) is 0 Å². The largest absolute Gasteiger partial charge is 0.467 e. The van der Waals surface area contributed by atoms with E-state index in [1.165, 1.54) is 49.5 Å². The van der Waals surface area contributed by atoms with Crippen LogP contribution < -0.4 is 15.4 Å². The Morgan fingerprint density at radius 2 is 1.88 bits per heavy atom. The van der Waals surface area contributed by atoms with E-state index in [0.717, 1.165) is 6.07 Å². The summed E-state index contributed by atoms with van der Waals surface area (Å²) < 4.78 is 40.5. The molecule has 0 saturated carbocycles. The van der Waals surface area contributed by atoms with Crippen molar-refractivity contribution in [3.8, 4) is 28.5 Å². The summed E-state index contributed by atoms with van der Waals surface area (Å²) in [5.41, 5.74) is -0.492. The van der Waals surface area contributed by atoms with Gasteiger partial charge in [0.15, 0.2) is 5.54 Å². The summed E-state index contributed by atoms with van der Waals surface area (Å²) in [6.45, 7) is 1.45. The van der Waals surface area contributed by atoms with Crippen molar-refractivity contribution in [2.24, 2.45) is 7.05 Å². The molecular formula is C26H23ClF2N8O4. The van der Waals surface area contributed by atoms with Crippen LogP contribution in [-0.4, -0.2) is 67.9 Å². The Bertz CT molecular complexity index is 1630. The van der Waals surface area contributed by atoms with Gasteiger partial charge in [-0.3, -0.25) is 9.59 Å². The molecule has 5 rings (SSSR count). The second kappa shape index (κ2) is 11.1. The number of nitrogens with one attached hydrogen (secondary N) is 2. The highest BCUT2D eigenvalue weighted by Crippen LogP contribution is 2.36. The molecule has 1 aliphatic heterocycles. The number of aromatic nitrogens is 6. The van der Waals surface area contributed by atoms with Gasteiger partial charge in [0.25, 0.3) is 11.8 Å². The molecule has 0 aliphatic carbocycles. The van der Waals surface area contributed by atoms with Gasteiger partial charge in [-0.2, -0.15) is 4.80 Å². The summed E-state index contributed by atoms with van der Waals surface area (Å²) in [7, 11) is 2.93. The number of amides is 2. The maximum atomic E-state index is 15.4. The number of hydrogen-bond acceptors (Lipinski definition) is 9. The van der Waals surface area contributed by atoms with E-state index in [-0.39, 0.29) is 52.3 Å². The molecule has 2 amide bonds. The van der Waals surface area contributed by atoms with Crippen LogP contribution in [0.2, 0.25) is 5.02 Å². The summed E-state index contributed by atoms with van der Waals surface area (Å²) in [5.74, 6) is -2.49. The highest BCUT2D eigenvalue weighted by molar-refractivity contribution is 6.31. The van der Waals surface area contributed by atoms with Crippen LogP contribution in [0, 0.1) is 11.6 Å². The van der Waals surface area contributed by atoms with Gasteiger partial charge < -0.3 is 20.1 Å². The van der Waals surface area contributed by atoms with E-state index in [4.69, 9.17) is 21.1 Å². The topological polar surface area (TPSA) is 146 Å².